The summed E-state index contributed by atoms with van der Waals surface area (Å²) in [5.41, 5.74) is 6.53. The zero-order chi connectivity index (χ0) is 17.0. The molecule has 1 aliphatic heterocycles. The highest BCUT2D eigenvalue weighted by molar-refractivity contribution is 6.00. The van der Waals surface area contributed by atoms with Crippen molar-refractivity contribution >= 4 is 24.2 Å². The third-order valence-corrected chi connectivity index (χ3v) is 4.34. The van der Waals surface area contributed by atoms with E-state index in [2.05, 4.69) is 10.6 Å². The van der Waals surface area contributed by atoms with Crippen molar-refractivity contribution in [2.75, 3.05) is 0 Å². The lowest BCUT2D eigenvalue weighted by Gasteiger charge is -2.30. The maximum Gasteiger partial charge on any atom is 0.232 e. The van der Waals surface area contributed by atoms with Crippen molar-refractivity contribution in [3.05, 3.63) is 35.1 Å². The monoisotopic (exact) mass is 357 g/mol. The smallest absolute Gasteiger partial charge is 0.232 e. The zero-order valence-electron chi connectivity index (χ0n) is 14.0. The van der Waals surface area contributed by atoms with Crippen molar-refractivity contribution in [3.8, 4) is 0 Å². The lowest BCUT2D eigenvalue weighted by Crippen LogP contribution is -2.51. The molecule has 24 heavy (non-hydrogen) atoms. The number of halogens is 2. The maximum absolute atomic E-state index is 13.9. The van der Waals surface area contributed by atoms with Crippen LogP contribution < -0.4 is 16.4 Å². The van der Waals surface area contributed by atoms with E-state index in [1.165, 1.54) is 6.07 Å². The van der Waals surface area contributed by atoms with Gasteiger partial charge in [-0.2, -0.15) is 0 Å². The summed E-state index contributed by atoms with van der Waals surface area (Å²) >= 11 is 0. The van der Waals surface area contributed by atoms with E-state index in [9.17, 15) is 14.0 Å². The molecule has 5 nitrogen and oxygen atoms in total. The molecule has 7 heteroatoms. The molecule has 1 fully saturated rings. The molecule has 1 aromatic carbocycles. The number of carbonyl (C=O) groups excluding carboxylic acids is 2. The van der Waals surface area contributed by atoms with Gasteiger partial charge in [-0.15, -0.1) is 12.4 Å². The first-order valence-electron chi connectivity index (χ1n) is 7.97. The molecule has 2 atom stereocenters. The van der Waals surface area contributed by atoms with E-state index in [0.717, 1.165) is 6.42 Å². The number of amides is 2. The molecule has 4 N–H and O–H groups in total. The van der Waals surface area contributed by atoms with Gasteiger partial charge < -0.3 is 16.4 Å². The quantitative estimate of drug-likeness (QED) is 0.703. The molecular weight excluding hydrogens is 333 g/mol. The van der Waals surface area contributed by atoms with E-state index in [4.69, 9.17) is 5.73 Å². The van der Waals surface area contributed by atoms with Gasteiger partial charge >= 0.3 is 0 Å². The number of hydrogen-bond donors (Lipinski definition) is 3. The van der Waals surface area contributed by atoms with Crippen LogP contribution in [0.25, 0.3) is 0 Å². The minimum Gasteiger partial charge on any atom is -0.352 e. The first-order valence-corrected chi connectivity index (χ1v) is 7.97. The summed E-state index contributed by atoms with van der Waals surface area (Å²) in [6.07, 6.45) is 1.30. The van der Waals surface area contributed by atoms with Crippen LogP contribution in [-0.2, 0) is 22.7 Å². The maximum atomic E-state index is 13.9. The predicted molar refractivity (Wildman–Crippen MR) is 92.9 cm³/mol. The van der Waals surface area contributed by atoms with Crippen molar-refractivity contribution in [3.63, 3.8) is 0 Å². The number of carbonyl (C=O) groups is 2. The third-order valence-electron chi connectivity index (χ3n) is 4.34. The Morgan fingerprint density at radius 2 is 2.12 bits per heavy atom. The molecular formula is C17H25ClFN3O2. The molecule has 1 aromatic rings. The standard InChI is InChI=1S/C17H24FN3O2.ClH/c1-10(2)15-6-5-13(17(23)21-15)16(22)20-9-12-4-3-11(8-19)7-14(12)18;/h3-4,7,10,13,15H,5-6,8-9,19H2,1-2H3,(H,20,22)(H,21,23);1H. The normalized spacial score (nSPS) is 20.3. The predicted octanol–water partition coefficient (Wildman–Crippen LogP) is 1.87. The Labute approximate surface area is 148 Å². The highest BCUT2D eigenvalue weighted by atomic mass is 35.5. The molecule has 0 spiro atoms. The highest BCUT2D eigenvalue weighted by Crippen LogP contribution is 2.20. The third kappa shape index (κ3) is 4.92. The summed E-state index contributed by atoms with van der Waals surface area (Å²) in [5.74, 6) is -1.35. The average Bonchev–Trinajstić information content (AvgIpc) is 2.53. The average molecular weight is 358 g/mol. The van der Waals surface area contributed by atoms with Gasteiger partial charge in [-0.3, -0.25) is 9.59 Å². The summed E-state index contributed by atoms with van der Waals surface area (Å²) < 4.78 is 13.9. The van der Waals surface area contributed by atoms with Crippen LogP contribution in [0.1, 0.15) is 37.8 Å². The Bertz CT molecular complexity index is 595. The molecule has 2 rings (SSSR count). The SMILES string of the molecule is CC(C)C1CCC(C(=O)NCc2ccc(CN)cc2F)C(=O)N1.Cl. The Balaban J connectivity index is 0.00000288. The second kappa shape index (κ2) is 8.99. The Morgan fingerprint density at radius 3 is 2.67 bits per heavy atom. The van der Waals surface area contributed by atoms with E-state index in [1.54, 1.807) is 12.1 Å². The van der Waals surface area contributed by atoms with Crippen molar-refractivity contribution < 1.29 is 14.0 Å². The minimum absolute atomic E-state index is 0. The van der Waals surface area contributed by atoms with E-state index < -0.39 is 11.7 Å². The van der Waals surface area contributed by atoms with Crippen LogP contribution in [0, 0.1) is 17.7 Å². The first-order chi connectivity index (χ1) is 10.9. The van der Waals surface area contributed by atoms with Crippen molar-refractivity contribution in [2.45, 2.75) is 45.8 Å². The Kier molecular flexibility index (Phi) is 7.63. The van der Waals surface area contributed by atoms with Crippen LogP contribution in [0.2, 0.25) is 0 Å². The first kappa shape index (κ1) is 20.4. The van der Waals surface area contributed by atoms with Crippen LogP contribution in [0.4, 0.5) is 4.39 Å². The van der Waals surface area contributed by atoms with Crippen LogP contribution in [-0.4, -0.2) is 17.9 Å². The molecule has 0 aliphatic carbocycles. The summed E-state index contributed by atoms with van der Waals surface area (Å²) in [5, 5.41) is 5.53. The van der Waals surface area contributed by atoms with Crippen LogP contribution in [0.5, 0.6) is 0 Å². The molecule has 2 unspecified atom stereocenters. The van der Waals surface area contributed by atoms with Gasteiger partial charge in [0.25, 0.3) is 0 Å². The molecule has 1 aliphatic rings. The summed E-state index contributed by atoms with van der Waals surface area (Å²) in [6.45, 7) is 4.41. The molecule has 134 valence electrons. The van der Waals surface area contributed by atoms with Gasteiger partial charge in [-0.25, -0.2) is 4.39 Å². The molecule has 1 heterocycles. The molecule has 0 bridgehead atoms. The van der Waals surface area contributed by atoms with Gasteiger partial charge in [-0.1, -0.05) is 26.0 Å². The lowest BCUT2D eigenvalue weighted by molar-refractivity contribution is -0.138. The Hall–Kier alpha value is -1.66. The van der Waals surface area contributed by atoms with Crippen molar-refractivity contribution in [2.24, 2.45) is 17.6 Å². The van der Waals surface area contributed by atoms with Crippen LogP contribution in [0.3, 0.4) is 0 Å². The second-order valence-electron chi connectivity index (χ2n) is 6.34. The van der Waals surface area contributed by atoms with E-state index in [-0.39, 0.29) is 43.4 Å². The number of nitrogens with one attached hydrogen (secondary N) is 2. The number of rotatable bonds is 5. The van der Waals surface area contributed by atoms with Gasteiger partial charge in [0, 0.05) is 24.7 Å². The number of benzene rings is 1. The van der Waals surface area contributed by atoms with Gasteiger partial charge in [0.2, 0.25) is 11.8 Å². The van der Waals surface area contributed by atoms with Gasteiger partial charge in [0.05, 0.1) is 0 Å². The minimum atomic E-state index is -0.698. The van der Waals surface area contributed by atoms with Crippen molar-refractivity contribution in [1.29, 1.82) is 0 Å². The number of hydrogen-bond acceptors (Lipinski definition) is 3. The molecule has 0 saturated carbocycles. The fourth-order valence-corrected chi connectivity index (χ4v) is 2.75. The molecule has 1 saturated heterocycles. The van der Waals surface area contributed by atoms with E-state index in [0.29, 0.717) is 23.5 Å². The lowest BCUT2D eigenvalue weighted by atomic mass is 9.88. The highest BCUT2D eigenvalue weighted by Gasteiger charge is 2.33. The summed E-state index contributed by atoms with van der Waals surface area (Å²) in [7, 11) is 0. The van der Waals surface area contributed by atoms with Crippen LogP contribution >= 0.6 is 12.4 Å². The summed E-state index contributed by atoms with van der Waals surface area (Å²) in [4.78, 5) is 24.2. The second-order valence-corrected chi connectivity index (χ2v) is 6.34. The Morgan fingerprint density at radius 1 is 1.42 bits per heavy atom. The fourth-order valence-electron chi connectivity index (χ4n) is 2.75. The van der Waals surface area contributed by atoms with E-state index in [1.807, 2.05) is 13.8 Å². The number of nitrogens with two attached hydrogens (primary N) is 1. The summed E-state index contributed by atoms with van der Waals surface area (Å²) in [6, 6.07) is 4.81. The van der Waals surface area contributed by atoms with Crippen LogP contribution in [0.15, 0.2) is 18.2 Å². The zero-order valence-corrected chi connectivity index (χ0v) is 14.8. The van der Waals surface area contributed by atoms with Gasteiger partial charge in [0.15, 0.2) is 0 Å². The fraction of sp³-hybridized carbons (Fsp3) is 0.529. The largest absolute Gasteiger partial charge is 0.352 e. The number of piperidine rings is 1. The molecule has 0 radical (unpaired) electrons. The topological polar surface area (TPSA) is 84.2 Å². The van der Waals surface area contributed by atoms with E-state index >= 15 is 0 Å². The molecule has 0 aromatic heterocycles. The molecule has 2 amide bonds. The van der Waals surface area contributed by atoms with Gasteiger partial charge in [0.1, 0.15) is 11.7 Å². The van der Waals surface area contributed by atoms with Gasteiger partial charge in [-0.05, 0) is 30.4 Å². The van der Waals surface area contributed by atoms with Crippen molar-refractivity contribution in [1.82, 2.24) is 10.6 Å².